The Morgan fingerprint density at radius 1 is 1.09 bits per heavy atom. The molecule has 2 aromatic rings. The first-order valence-electron chi connectivity index (χ1n) is 6.41. The van der Waals surface area contributed by atoms with Crippen LogP contribution in [-0.4, -0.2) is 24.1 Å². The quantitative estimate of drug-likeness (QED) is 0.248. The van der Waals surface area contributed by atoms with Crippen LogP contribution in [0.5, 0.6) is 0 Å². The van der Waals surface area contributed by atoms with Gasteiger partial charge in [0.15, 0.2) is 0 Å². The Bertz CT molecular complexity index is 731. The lowest BCUT2D eigenvalue weighted by Gasteiger charge is -2.00. The van der Waals surface area contributed by atoms with E-state index in [1.165, 1.54) is 12.1 Å². The van der Waals surface area contributed by atoms with Crippen LogP contribution < -0.4 is 16.6 Å². The summed E-state index contributed by atoms with van der Waals surface area (Å²) in [5.41, 5.74) is 11.2. The lowest BCUT2D eigenvalue weighted by atomic mass is 10.2. The maximum Gasteiger partial charge on any atom is 0.294 e. The molecule has 8 nitrogen and oxygen atoms in total. The molecule has 0 saturated carbocycles. The van der Waals surface area contributed by atoms with Gasteiger partial charge in [0.05, 0.1) is 10.6 Å². The van der Waals surface area contributed by atoms with Gasteiger partial charge in [-0.15, -0.1) is 5.10 Å². The summed E-state index contributed by atoms with van der Waals surface area (Å²) in [5, 5.41) is 11.9. The summed E-state index contributed by atoms with van der Waals surface area (Å²) in [4.78, 5) is -0.0666. The molecule has 9 heteroatoms. The van der Waals surface area contributed by atoms with E-state index >= 15 is 0 Å². The number of hydrogen-bond acceptors (Lipinski definition) is 5. The molecule has 0 aliphatic heterocycles. The van der Waals surface area contributed by atoms with Crippen LogP contribution >= 0.6 is 0 Å². The van der Waals surface area contributed by atoms with Gasteiger partial charge in [-0.2, -0.15) is 8.42 Å². The number of hydrogen-bond donors (Lipinski definition) is 5. The number of hydrazone groups is 1. The molecule has 0 radical (unpaired) electrons. The highest BCUT2D eigenvalue weighted by molar-refractivity contribution is 7.85. The van der Waals surface area contributed by atoms with Crippen molar-refractivity contribution in [3.8, 4) is 0 Å². The fourth-order valence-corrected chi connectivity index (χ4v) is 1.85. The summed E-state index contributed by atoms with van der Waals surface area (Å²) in [6.07, 6.45) is 0. The van der Waals surface area contributed by atoms with Crippen LogP contribution in [0, 0.1) is 6.92 Å². The molecule has 0 aromatic heterocycles. The van der Waals surface area contributed by atoms with Gasteiger partial charge in [-0.3, -0.25) is 15.2 Å². The van der Waals surface area contributed by atoms with Crippen LogP contribution in [0.1, 0.15) is 5.56 Å². The van der Waals surface area contributed by atoms with E-state index in [0.29, 0.717) is 0 Å². The first-order valence-corrected chi connectivity index (χ1v) is 7.85. The SMILES string of the molecule is Cc1ccc(S(=O)(=O)O)cc1.NC(=NNc1ccccc1)NO. The summed E-state index contributed by atoms with van der Waals surface area (Å²) >= 11 is 0. The van der Waals surface area contributed by atoms with Crippen molar-refractivity contribution < 1.29 is 18.2 Å². The largest absolute Gasteiger partial charge is 0.367 e. The summed E-state index contributed by atoms with van der Waals surface area (Å²) in [6, 6.07) is 15.3. The smallest absolute Gasteiger partial charge is 0.294 e. The van der Waals surface area contributed by atoms with E-state index in [2.05, 4.69) is 10.5 Å². The van der Waals surface area contributed by atoms with Crippen molar-refractivity contribution in [2.45, 2.75) is 11.8 Å². The van der Waals surface area contributed by atoms with Crippen molar-refractivity contribution in [2.24, 2.45) is 10.8 Å². The molecular weight excluding hydrogens is 320 g/mol. The molecule has 0 unspecified atom stereocenters. The summed E-state index contributed by atoms with van der Waals surface area (Å²) in [7, 11) is -4.02. The van der Waals surface area contributed by atoms with Crippen LogP contribution in [0.4, 0.5) is 5.69 Å². The molecule has 0 amide bonds. The molecule has 0 bridgehead atoms. The van der Waals surface area contributed by atoms with Crippen LogP contribution in [0.3, 0.4) is 0 Å². The molecule has 0 fully saturated rings. The Labute approximate surface area is 134 Å². The van der Waals surface area contributed by atoms with E-state index in [1.54, 1.807) is 17.6 Å². The van der Waals surface area contributed by atoms with Crippen LogP contribution in [0.25, 0.3) is 0 Å². The molecular formula is C14H18N4O4S. The highest BCUT2D eigenvalue weighted by atomic mass is 32.2. The molecule has 0 heterocycles. The van der Waals surface area contributed by atoms with Gasteiger partial charge in [0, 0.05) is 0 Å². The fourth-order valence-electron chi connectivity index (χ4n) is 1.37. The maximum atomic E-state index is 10.5. The lowest BCUT2D eigenvalue weighted by Crippen LogP contribution is -2.29. The summed E-state index contributed by atoms with van der Waals surface area (Å²) in [6.45, 7) is 1.84. The van der Waals surface area contributed by atoms with Crippen molar-refractivity contribution >= 4 is 21.8 Å². The van der Waals surface area contributed by atoms with E-state index in [0.717, 1.165) is 11.3 Å². The zero-order valence-corrected chi connectivity index (χ0v) is 13.2. The minimum absolute atomic E-state index is 0.0666. The van der Waals surface area contributed by atoms with Crippen molar-refractivity contribution in [2.75, 3.05) is 5.43 Å². The zero-order chi connectivity index (χ0) is 17.3. The van der Waals surface area contributed by atoms with Crippen molar-refractivity contribution in [3.63, 3.8) is 0 Å². The molecule has 0 spiro atoms. The van der Waals surface area contributed by atoms with Gasteiger partial charge in [0.2, 0.25) is 5.96 Å². The van der Waals surface area contributed by atoms with E-state index in [9.17, 15) is 8.42 Å². The second-order valence-corrected chi connectivity index (χ2v) is 5.80. The lowest BCUT2D eigenvalue weighted by molar-refractivity contribution is 0.233. The number of rotatable bonds is 3. The van der Waals surface area contributed by atoms with Gasteiger partial charge in [0.1, 0.15) is 0 Å². The number of hydroxylamine groups is 1. The van der Waals surface area contributed by atoms with Crippen LogP contribution in [0.15, 0.2) is 64.6 Å². The van der Waals surface area contributed by atoms with Crippen molar-refractivity contribution in [3.05, 3.63) is 60.2 Å². The number of benzene rings is 2. The van der Waals surface area contributed by atoms with E-state index < -0.39 is 10.1 Å². The van der Waals surface area contributed by atoms with Gasteiger partial charge >= 0.3 is 0 Å². The molecule has 0 atom stereocenters. The minimum Gasteiger partial charge on any atom is -0.367 e. The average Bonchev–Trinajstić information content (AvgIpc) is 2.53. The molecule has 0 aliphatic rings. The normalized spacial score (nSPS) is 11.2. The second kappa shape index (κ2) is 8.73. The van der Waals surface area contributed by atoms with E-state index in [4.69, 9.17) is 15.5 Å². The predicted molar refractivity (Wildman–Crippen MR) is 87.6 cm³/mol. The monoisotopic (exact) mass is 338 g/mol. The molecule has 0 aliphatic carbocycles. The third-order valence-corrected chi connectivity index (χ3v) is 3.38. The Balaban J connectivity index is 0.000000231. The third-order valence-electron chi connectivity index (χ3n) is 2.51. The molecule has 23 heavy (non-hydrogen) atoms. The third kappa shape index (κ3) is 7.27. The van der Waals surface area contributed by atoms with Gasteiger partial charge in [-0.1, -0.05) is 35.9 Å². The molecule has 6 N–H and O–H groups in total. The number of guanidine groups is 1. The number of nitrogens with one attached hydrogen (secondary N) is 2. The fraction of sp³-hybridized carbons (Fsp3) is 0.0714. The molecule has 2 aromatic carbocycles. The van der Waals surface area contributed by atoms with Crippen LogP contribution in [-0.2, 0) is 10.1 Å². The topological polar surface area (TPSA) is 137 Å². The Morgan fingerprint density at radius 2 is 1.65 bits per heavy atom. The summed E-state index contributed by atoms with van der Waals surface area (Å²) in [5.74, 6) is -0.0844. The van der Waals surface area contributed by atoms with Gasteiger partial charge in [0.25, 0.3) is 10.1 Å². The maximum absolute atomic E-state index is 10.5. The van der Waals surface area contributed by atoms with E-state index in [1.807, 2.05) is 37.3 Å². The van der Waals surface area contributed by atoms with Gasteiger partial charge < -0.3 is 5.73 Å². The number of anilines is 1. The highest BCUT2D eigenvalue weighted by Gasteiger charge is 2.06. The number of nitrogens with two attached hydrogens (primary N) is 1. The van der Waals surface area contributed by atoms with Gasteiger partial charge in [-0.25, -0.2) is 5.48 Å². The molecule has 2 rings (SSSR count). The second-order valence-electron chi connectivity index (χ2n) is 4.37. The standard InChI is InChI=1S/C7H10N4O.C7H8O3S/c8-7(11-12)10-9-6-4-2-1-3-5-6;1-6-2-4-7(5-3-6)11(8,9)10/h1-5,9,12H,(H3,8,10,11);2-5H,1H3,(H,8,9,10). The van der Waals surface area contributed by atoms with Crippen molar-refractivity contribution in [1.29, 1.82) is 0 Å². The first kappa shape index (κ1) is 18.4. The van der Waals surface area contributed by atoms with Crippen molar-refractivity contribution in [1.82, 2.24) is 5.48 Å². The molecule has 0 saturated heterocycles. The van der Waals surface area contributed by atoms with Crippen LogP contribution in [0.2, 0.25) is 0 Å². The number of nitrogens with zero attached hydrogens (tertiary/aromatic N) is 1. The minimum atomic E-state index is -4.02. The Morgan fingerprint density at radius 3 is 2.13 bits per heavy atom. The van der Waals surface area contributed by atoms with E-state index in [-0.39, 0.29) is 10.9 Å². The molecule has 124 valence electrons. The Hall–Kier alpha value is -2.62. The Kier molecular flexibility index (Phi) is 7.00. The van der Waals surface area contributed by atoms with Gasteiger partial charge in [-0.05, 0) is 31.2 Å². The number of para-hydroxylation sites is 1. The first-order chi connectivity index (χ1) is 10.8. The zero-order valence-electron chi connectivity index (χ0n) is 12.3. The highest BCUT2D eigenvalue weighted by Crippen LogP contribution is 2.08. The average molecular weight is 338 g/mol. The number of aryl methyl sites for hydroxylation is 1. The summed E-state index contributed by atoms with van der Waals surface area (Å²) < 4.78 is 29.6. The predicted octanol–water partition coefficient (Wildman–Crippen LogP) is 1.55.